The second-order valence-corrected chi connectivity index (χ2v) is 6.66. The lowest BCUT2D eigenvalue weighted by molar-refractivity contribution is -0.138. The Morgan fingerprint density at radius 2 is 2.22 bits per heavy atom. The van der Waals surface area contributed by atoms with Gasteiger partial charge in [-0.05, 0) is 45.4 Å². The van der Waals surface area contributed by atoms with Crippen LogP contribution in [-0.4, -0.2) is 28.2 Å². The van der Waals surface area contributed by atoms with Crippen LogP contribution in [0, 0.1) is 5.92 Å². The summed E-state index contributed by atoms with van der Waals surface area (Å²) >= 11 is 1.75. The number of rotatable bonds is 7. The number of carboxylic acids is 1. The SMILES string of the molecule is CC(C)=CCC[C@H](C)CC[C@H]1N[C@H](C(=O)O)CS1. The standard InChI is InChI=1S/C14H25NO2S/c1-10(2)5-4-6-11(3)7-8-13-15-12(9-18-13)14(16)17/h5,11-13,15H,4,6-9H2,1-3H3,(H,16,17)/t11-,12-,13-/m0/s1. The lowest BCUT2D eigenvalue weighted by Crippen LogP contribution is -2.36. The average Bonchev–Trinajstić information content (AvgIpc) is 2.74. The van der Waals surface area contributed by atoms with E-state index in [2.05, 4.69) is 32.2 Å². The fourth-order valence-corrected chi connectivity index (χ4v) is 3.31. The molecule has 1 heterocycles. The monoisotopic (exact) mass is 271 g/mol. The first-order chi connectivity index (χ1) is 8.49. The van der Waals surface area contributed by atoms with Gasteiger partial charge in [-0.25, -0.2) is 0 Å². The van der Waals surface area contributed by atoms with Crippen molar-refractivity contribution in [2.45, 2.75) is 57.9 Å². The highest BCUT2D eigenvalue weighted by molar-refractivity contribution is 8.00. The third-order valence-electron chi connectivity index (χ3n) is 3.28. The van der Waals surface area contributed by atoms with Crippen molar-refractivity contribution in [3.8, 4) is 0 Å². The molecule has 0 bridgehead atoms. The molecule has 0 spiro atoms. The van der Waals surface area contributed by atoms with E-state index in [1.807, 2.05) is 0 Å². The number of carbonyl (C=O) groups is 1. The quantitative estimate of drug-likeness (QED) is 0.698. The summed E-state index contributed by atoms with van der Waals surface area (Å²) in [6, 6.07) is -0.346. The molecule has 0 unspecified atom stereocenters. The molecule has 0 aliphatic carbocycles. The van der Waals surface area contributed by atoms with E-state index in [9.17, 15) is 4.79 Å². The third kappa shape index (κ3) is 5.91. The molecule has 2 N–H and O–H groups in total. The number of hydrogen-bond donors (Lipinski definition) is 2. The van der Waals surface area contributed by atoms with Crippen LogP contribution in [-0.2, 0) is 4.79 Å². The molecule has 1 saturated heterocycles. The summed E-state index contributed by atoms with van der Waals surface area (Å²) in [4.78, 5) is 10.8. The Hall–Kier alpha value is -0.480. The van der Waals surface area contributed by atoms with E-state index >= 15 is 0 Å². The number of nitrogens with one attached hydrogen (secondary N) is 1. The van der Waals surface area contributed by atoms with E-state index in [1.54, 1.807) is 11.8 Å². The van der Waals surface area contributed by atoms with Gasteiger partial charge in [-0.3, -0.25) is 10.1 Å². The van der Waals surface area contributed by atoms with E-state index in [0.717, 1.165) is 12.8 Å². The summed E-state index contributed by atoms with van der Waals surface area (Å²) in [7, 11) is 0. The van der Waals surface area contributed by atoms with Crippen molar-refractivity contribution in [1.29, 1.82) is 0 Å². The zero-order chi connectivity index (χ0) is 13.5. The van der Waals surface area contributed by atoms with Crippen LogP contribution < -0.4 is 5.32 Å². The fraction of sp³-hybridized carbons (Fsp3) is 0.786. The highest BCUT2D eigenvalue weighted by atomic mass is 32.2. The Bertz CT molecular complexity index is 300. The van der Waals surface area contributed by atoms with E-state index in [0.29, 0.717) is 17.0 Å². The van der Waals surface area contributed by atoms with Gasteiger partial charge in [0.25, 0.3) is 0 Å². The van der Waals surface area contributed by atoms with Gasteiger partial charge < -0.3 is 5.11 Å². The molecule has 0 saturated carbocycles. The molecule has 0 amide bonds. The molecule has 0 aromatic rings. The Balaban J connectivity index is 2.14. The van der Waals surface area contributed by atoms with Gasteiger partial charge >= 0.3 is 5.97 Å². The molecule has 18 heavy (non-hydrogen) atoms. The van der Waals surface area contributed by atoms with Crippen molar-refractivity contribution in [1.82, 2.24) is 5.32 Å². The second-order valence-electron chi connectivity index (χ2n) is 5.42. The first-order valence-electron chi connectivity index (χ1n) is 6.73. The average molecular weight is 271 g/mol. The smallest absolute Gasteiger partial charge is 0.321 e. The van der Waals surface area contributed by atoms with Gasteiger partial charge in [0.15, 0.2) is 0 Å². The molecule has 0 aromatic heterocycles. The van der Waals surface area contributed by atoms with E-state index in [-0.39, 0.29) is 6.04 Å². The molecule has 1 aliphatic heterocycles. The zero-order valence-corrected chi connectivity index (χ0v) is 12.4. The second kappa shape index (κ2) is 7.85. The lowest BCUT2D eigenvalue weighted by atomic mass is 9.99. The Labute approximate surface area is 114 Å². The molecule has 1 rings (SSSR count). The Morgan fingerprint density at radius 1 is 1.50 bits per heavy atom. The first-order valence-corrected chi connectivity index (χ1v) is 7.77. The Morgan fingerprint density at radius 3 is 2.78 bits per heavy atom. The van der Waals surface area contributed by atoms with Crippen LogP contribution in [0.2, 0.25) is 0 Å². The van der Waals surface area contributed by atoms with Gasteiger partial charge in [0, 0.05) is 5.75 Å². The van der Waals surface area contributed by atoms with Crippen LogP contribution in [0.3, 0.4) is 0 Å². The molecule has 1 fully saturated rings. The van der Waals surface area contributed by atoms with Crippen LogP contribution in [0.15, 0.2) is 11.6 Å². The topological polar surface area (TPSA) is 49.3 Å². The van der Waals surface area contributed by atoms with Crippen LogP contribution in [0.4, 0.5) is 0 Å². The number of aliphatic carboxylic acids is 1. The molecule has 1 aliphatic rings. The van der Waals surface area contributed by atoms with Crippen LogP contribution in [0.1, 0.15) is 46.5 Å². The van der Waals surface area contributed by atoms with Crippen molar-refractivity contribution in [2.24, 2.45) is 5.92 Å². The van der Waals surface area contributed by atoms with Gasteiger partial charge in [-0.2, -0.15) is 0 Å². The largest absolute Gasteiger partial charge is 0.480 e. The van der Waals surface area contributed by atoms with Gasteiger partial charge in [0.05, 0.1) is 5.37 Å². The van der Waals surface area contributed by atoms with E-state index < -0.39 is 5.97 Å². The molecule has 4 heteroatoms. The molecule has 3 atom stereocenters. The maximum absolute atomic E-state index is 10.8. The molecular formula is C14H25NO2S. The van der Waals surface area contributed by atoms with E-state index in [4.69, 9.17) is 5.11 Å². The van der Waals surface area contributed by atoms with Crippen LogP contribution in [0.5, 0.6) is 0 Å². The number of allylic oxidation sites excluding steroid dienone is 2. The molecule has 104 valence electrons. The molecule has 3 nitrogen and oxygen atoms in total. The van der Waals surface area contributed by atoms with Crippen LogP contribution in [0.25, 0.3) is 0 Å². The van der Waals surface area contributed by atoms with Gasteiger partial charge in [-0.15, -0.1) is 11.8 Å². The van der Waals surface area contributed by atoms with Crippen molar-refractivity contribution < 1.29 is 9.90 Å². The minimum Gasteiger partial charge on any atom is -0.480 e. The summed E-state index contributed by atoms with van der Waals surface area (Å²) in [5, 5.41) is 12.4. The third-order valence-corrected chi connectivity index (χ3v) is 4.58. The minimum atomic E-state index is -0.721. The lowest BCUT2D eigenvalue weighted by Gasteiger charge is -2.14. The number of hydrogen-bond acceptors (Lipinski definition) is 3. The van der Waals surface area contributed by atoms with Crippen molar-refractivity contribution in [2.75, 3.05) is 5.75 Å². The maximum atomic E-state index is 10.8. The van der Waals surface area contributed by atoms with Crippen molar-refractivity contribution >= 4 is 17.7 Å². The fourth-order valence-electron chi connectivity index (χ4n) is 2.08. The van der Waals surface area contributed by atoms with Crippen LogP contribution >= 0.6 is 11.8 Å². The Kier molecular flexibility index (Phi) is 6.79. The summed E-state index contributed by atoms with van der Waals surface area (Å²) in [6.07, 6.45) is 6.93. The summed E-state index contributed by atoms with van der Waals surface area (Å²) in [6.45, 7) is 6.55. The highest BCUT2D eigenvalue weighted by Crippen LogP contribution is 2.25. The predicted octanol–water partition coefficient (Wildman–Crippen LogP) is 3.26. The number of thioether (sulfide) groups is 1. The van der Waals surface area contributed by atoms with Gasteiger partial charge in [-0.1, -0.05) is 18.6 Å². The van der Waals surface area contributed by atoms with Gasteiger partial charge in [0.2, 0.25) is 0 Å². The zero-order valence-electron chi connectivity index (χ0n) is 11.6. The summed E-state index contributed by atoms with van der Waals surface area (Å²) < 4.78 is 0. The summed E-state index contributed by atoms with van der Waals surface area (Å²) in [5.41, 5.74) is 1.39. The predicted molar refractivity (Wildman–Crippen MR) is 77.9 cm³/mol. The normalized spacial score (nSPS) is 24.8. The first kappa shape index (κ1) is 15.6. The minimum absolute atomic E-state index is 0.331. The van der Waals surface area contributed by atoms with Gasteiger partial charge in [0.1, 0.15) is 6.04 Å². The molecular weight excluding hydrogens is 246 g/mol. The number of carboxylic acid groups (broad SMARTS) is 1. The highest BCUT2D eigenvalue weighted by Gasteiger charge is 2.29. The molecule has 0 radical (unpaired) electrons. The molecule has 0 aromatic carbocycles. The van der Waals surface area contributed by atoms with Crippen molar-refractivity contribution in [3.05, 3.63) is 11.6 Å². The van der Waals surface area contributed by atoms with E-state index in [1.165, 1.54) is 18.4 Å². The summed E-state index contributed by atoms with van der Waals surface area (Å²) in [5.74, 6) is 0.695. The van der Waals surface area contributed by atoms with Crippen molar-refractivity contribution in [3.63, 3.8) is 0 Å². The maximum Gasteiger partial charge on any atom is 0.321 e.